The Morgan fingerprint density at radius 3 is 2.60 bits per heavy atom. The molecule has 0 aliphatic heterocycles. The van der Waals surface area contributed by atoms with Crippen LogP contribution >= 0.6 is 11.6 Å². The van der Waals surface area contributed by atoms with Crippen molar-refractivity contribution in [1.82, 2.24) is 10.3 Å². The Balaban J connectivity index is 2.21. The minimum Gasteiger partial charge on any atom is -0.353 e. The van der Waals surface area contributed by atoms with Crippen LogP contribution < -0.4 is 10.6 Å². The fourth-order valence-electron chi connectivity index (χ4n) is 1.98. The van der Waals surface area contributed by atoms with E-state index in [9.17, 15) is 18.0 Å². The molecular weight excluding hydrogens is 355 g/mol. The molecule has 0 unspecified atom stereocenters. The number of rotatable bonds is 5. The maximum atomic E-state index is 12.8. The van der Waals surface area contributed by atoms with Gasteiger partial charge in [0.15, 0.2) is 0 Å². The number of hydrogen-bond acceptors (Lipinski definition) is 3. The molecule has 2 N–H and O–H groups in total. The molecule has 1 heterocycles. The van der Waals surface area contributed by atoms with Gasteiger partial charge in [-0.25, -0.2) is 0 Å². The molecule has 1 aromatic carbocycles. The van der Waals surface area contributed by atoms with Crippen molar-refractivity contribution >= 4 is 28.9 Å². The van der Waals surface area contributed by atoms with Crippen molar-refractivity contribution in [3.05, 3.63) is 52.8 Å². The molecule has 0 bridgehead atoms. The van der Waals surface area contributed by atoms with Crippen LogP contribution in [0, 0.1) is 5.92 Å². The highest BCUT2D eigenvalue weighted by Crippen LogP contribution is 2.34. The normalized spacial score (nSPS) is 11.5. The molecule has 1 aromatic heterocycles. The van der Waals surface area contributed by atoms with Crippen molar-refractivity contribution in [2.45, 2.75) is 20.0 Å². The molecule has 0 radical (unpaired) electrons. The van der Waals surface area contributed by atoms with Gasteiger partial charge in [0.2, 0.25) is 0 Å². The van der Waals surface area contributed by atoms with Crippen LogP contribution in [0.15, 0.2) is 36.7 Å². The maximum Gasteiger partial charge on any atom is 0.416 e. The first-order valence-electron chi connectivity index (χ1n) is 7.54. The minimum atomic E-state index is -4.47. The summed E-state index contributed by atoms with van der Waals surface area (Å²) < 4.78 is 38.5. The molecule has 0 aliphatic carbocycles. The quantitative estimate of drug-likeness (QED) is 0.787. The number of halogens is 4. The zero-order valence-corrected chi connectivity index (χ0v) is 14.4. The third kappa shape index (κ3) is 5.35. The lowest BCUT2D eigenvalue weighted by Gasteiger charge is -2.13. The highest BCUT2D eigenvalue weighted by Gasteiger charge is 2.31. The molecule has 1 amide bonds. The summed E-state index contributed by atoms with van der Waals surface area (Å²) in [5, 5.41) is 5.65. The molecule has 0 saturated carbocycles. The van der Waals surface area contributed by atoms with Gasteiger partial charge in [0.05, 0.1) is 33.7 Å². The van der Waals surface area contributed by atoms with E-state index in [1.807, 2.05) is 13.8 Å². The number of hydrogen-bond donors (Lipinski definition) is 2. The number of carbonyl (C=O) groups is 1. The average Bonchev–Trinajstić information content (AvgIpc) is 2.54. The predicted molar refractivity (Wildman–Crippen MR) is 91.1 cm³/mol. The van der Waals surface area contributed by atoms with Gasteiger partial charge in [0.25, 0.3) is 5.91 Å². The third-order valence-electron chi connectivity index (χ3n) is 3.24. The summed E-state index contributed by atoms with van der Waals surface area (Å²) in [5.74, 6) is -0.0119. The van der Waals surface area contributed by atoms with Crippen LogP contribution in [-0.2, 0) is 6.18 Å². The van der Waals surface area contributed by atoms with Gasteiger partial charge in [0, 0.05) is 12.7 Å². The number of nitrogens with zero attached hydrogens (tertiary/aromatic N) is 1. The summed E-state index contributed by atoms with van der Waals surface area (Å²) in [6.45, 7) is 4.44. The van der Waals surface area contributed by atoms with Gasteiger partial charge in [-0.2, -0.15) is 13.2 Å². The second-order valence-electron chi connectivity index (χ2n) is 5.88. The number of pyridine rings is 1. The van der Waals surface area contributed by atoms with Crippen LogP contribution in [0.25, 0.3) is 0 Å². The largest absolute Gasteiger partial charge is 0.416 e. The van der Waals surface area contributed by atoms with Crippen LogP contribution in [0.5, 0.6) is 0 Å². The first kappa shape index (κ1) is 19.1. The van der Waals surface area contributed by atoms with Crippen molar-refractivity contribution in [3.63, 3.8) is 0 Å². The molecule has 0 aliphatic rings. The molecule has 8 heteroatoms. The average molecular weight is 372 g/mol. The van der Waals surface area contributed by atoms with Crippen molar-refractivity contribution in [1.29, 1.82) is 0 Å². The lowest BCUT2D eigenvalue weighted by molar-refractivity contribution is -0.137. The van der Waals surface area contributed by atoms with Crippen LogP contribution in [0.2, 0.25) is 5.02 Å². The molecule has 134 valence electrons. The smallest absolute Gasteiger partial charge is 0.353 e. The van der Waals surface area contributed by atoms with Crippen LogP contribution in [0.3, 0.4) is 0 Å². The van der Waals surface area contributed by atoms with E-state index in [1.165, 1.54) is 24.5 Å². The van der Waals surface area contributed by atoms with E-state index in [-0.39, 0.29) is 16.6 Å². The Bertz CT molecular complexity index is 763. The Morgan fingerprint density at radius 1 is 1.24 bits per heavy atom. The second-order valence-corrected chi connectivity index (χ2v) is 6.29. The molecule has 4 nitrogen and oxygen atoms in total. The molecule has 0 atom stereocenters. The summed E-state index contributed by atoms with van der Waals surface area (Å²) >= 11 is 5.95. The van der Waals surface area contributed by atoms with Gasteiger partial charge >= 0.3 is 6.18 Å². The number of nitrogens with one attached hydrogen (secondary N) is 2. The van der Waals surface area contributed by atoms with E-state index < -0.39 is 11.7 Å². The van der Waals surface area contributed by atoms with Gasteiger partial charge in [-0.1, -0.05) is 25.4 Å². The van der Waals surface area contributed by atoms with E-state index in [2.05, 4.69) is 15.6 Å². The number of aromatic nitrogens is 1. The lowest BCUT2D eigenvalue weighted by Crippen LogP contribution is -2.27. The fraction of sp³-hybridized carbons (Fsp3) is 0.294. The van der Waals surface area contributed by atoms with Crippen LogP contribution in [-0.4, -0.2) is 17.4 Å². The van der Waals surface area contributed by atoms with E-state index in [1.54, 1.807) is 0 Å². The van der Waals surface area contributed by atoms with E-state index >= 15 is 0 Å². The fourth-order valence-corrected chi connectivity index (χ4v) is 2.15. The topological polar surface area (TPSA) is 54.0 Å². The van der Waals surface area contributed by atoms with E-state index in [4.69, 9.17) is 11.6 Å². The molecule has 2 rings (SSSR count). The van der Waals surface area contributed by atoms with Gasteiger partial charge < -0.3 is 10.6 Å². The zero-order chi connectivity index (χ0) is 18.6. The maximum absolute atomic E-state index is 12.8. The van der Waals surface area contributed by atoms with Crippen molar-refractivity contribution in [2.24, 2.45) is 5.92 Å². The van der Waals surface area contributed by atoms with Crippen LogP contribution in [0.4, 0.5) is 24.5 Å². The van der Waals surface area contributed by atoms with Crippen molar-refractivity contribution < 1.29 is 18.0 Å². The number of anilines is 2. The standard InChI is InChI=1S/C17H17ClF3N3O/c1-10(2)7-23-16(25)11-5-13(9-22-8-11)24-15-6-12(17(19,20)21)3-4-14(15)18/h3-6,8-10,24H,7H2,1-2H3,(H,23,25). The van der Waals surface area contributed by atoms with Gasteiger partial charge in [-0.3, -0.25) is 9.78 Å². The zero-order valence-electron chi connectivity index (χ0n) is 13.6. The van der Waals surface area contributed by atoms with E-state index in [0.29, 0.717) is 23.7 Å². The Kier molecular flexibility index (Phi) is 5.89. The Hall–Kier alpha value is -2.28. The highest BCUT2D eigenvalue weighted by atomic mass is 35.5. The highest BCUT2D eigenvalue weighted by molar-refractivity contribution is 6.33. The Labute approximate surface area is 148 Å². The SMILES string of the molecule is CC(C)CNC(=O)c1cncc(Nc2cc(C(F)(F)F)ccc2Cl)c1. The summed E-state index contributed by atoms with van der Waals surface area (Å²) in [6, 6.07) is 4.48. The number of carbonyl (C=O) groups excluding carboxylic acids is 1. The number of amides is 1. The number of alkyl halides is 3. The minimum absolute atomic E-state index is 0.0815. The van der Waals surface area contributed by atoms with Gasteiger partial charge in [0.1, 0.15) is 0 Å². The monoisotopic (exact) mass is 371 g/mol. The molecule has 25 heavy (non-hydrogen) atoms. The molecule has 0 fully saturated rings. The van der Waals surface area contributed by atoms with Gasteiger partial charge in [-0.05, 0) is 30.2 Å². The number of benzene rings is 1. The molecule has 0 saturated heterocycles. The summed E-state index contributed by atoms with van der Waals surface area (Å²) in [5.41, 5.74) is -0.0802. The second kappa shape index (κ2) is 7.74. The lowest BCUT2D eigenvalue weighted by atomic mass is 10.1. The van der Waals surface area contributed by atoms with Gasteiger partial charge in [-0.15, -0.1) is 0 Å². The van der Waals surface area contributed by atoms with Crippen molar-refractivity contribution in [3.8, 4) is 0 Å². The van der Waals surface area contributed by atoms with Crippen molar-refractivity contribution in [2.75, 3.05) is 11.9 Å². The summed E-state index contributed by atoms with van der Waals surface area (Å²) in [4.78, 5) is 16.0. The first-order valence-corrected chi connectivity index (χ1v) is 7.91. The first-order chi connectivity index (χ1) is 11.7. The predicted octanol–water partition coefficient (Wildman–Crippen LogP) is 4.88. The molecule has 0 spiro atoms. The van der Waals surface area contributed by atoms with E-state index in [0.717, 1.165) is 12.1 Å². The summed E-state index contributed by atoms with van der Waals surface area (Å²) in [6.07, 6.45) is -1.69. The molecular formula is C17H17ClF3N3O. The van der Waals surface area contributed by atoms with Crippen LogP contribution in [0.1, 0.15) is 29.8 Å². The third-order valence-corrected chi connectivity index (χ3v) is 3.57. The molecule has 2 aromatic rings. The Morgan fingerprint density at radius 2 is 1.96 bits per heavy atom. The summed E-state index contributed by atoms with van der Waals surface area (Å²) in [7, 11) is 0.